The Kier molecular flexibility index (Phi) is 6.30. The van der Waals surface area contributed by atoms with Crippen LogP contribution in [-0.2, 0) is 11.2 Å². The first-order chi connectivity index (χ1) is 10.8. The van der Waals surface area contributed by atoms with Crippen LogP contribution in [0.2, 0.25) is 0 Å². The third-order valence-corrected chi connectivity index (χ3v) is 3.20. The number of amides is 1. The minimum atomic E-state index is -0.00999. The lowest BCUT2D eigenvalue weighted by Gasteiger charge is -2.09. The van der Waals surface area contributed by atoms with Crippen molar-refractivity contribution in [3.63, 3.8) is 0 Å². The van der Waals surface area contributed by atoms with E-state index in [0.29, 0.717) is 19.6 Å². The molecule has 2 rings (SSSR count). The summed E-state index contributed by atoms with van der Waals surface area (Å²) in [7, 11) is 1.61. The maximum atomic E-state index is 11.9. The number of rotatable bonds is 8. The summed E-state index contributed by atoms with van der Waals surface area (Å²) in [4.78, 5) is 11.9. The summed E-state index contributed by atoms with van der Waals surface area (Å²) in [5, 5.41) is 2.89. The molecule has 1 amide bonds. The molecule has 0 fully saturated rings. The summed E-state index contributed by atoms with van der Waals surface area (Å²) in [5.74, 6) is 1.58. The van der Waals surface area contributed by atoms with Gasteiger partial charge in [-0.2, -0.15) is 0 Å². The third-order valence-electron chi connectivity index (χ3n) is 3.20. The van der Waals surface area contributed by atoms with E-state index in [1.54, 1.807) is 7.11 Å². The van der Waals surface area contributed by atoms with E-state index in [0.717, 1.165) is 23.5 Å². The van der Waals surface area contributed by atoms with Gasteiger partial charge in [0.15, 0.2) is 0 Å². The molecule has 116 valence electrons. The molecule has 0 radical (unpaired) electrons. The van der Waals surface area contributed by atoms with Gasteiger partial charge in [0, 0.05) is 12.1 Å². The minimum absolute atomic E-state index is 0.00999. The van der Waals surface area contributed by atoms with E-state index in [9.17, 15) is 4.79 Å². The van der Waals surface area contributed by atoms with Crippen molar-refractivity contribution >= 4 is 5.91 Å². The summed E-state index contributed by atoms with van der Waals surface area (Å²) in [6.07, 6.45) is 1.09. The van der Waals surface area contributed by atoms with Gasteiger partial charge in [-0.25, -0.2) is 0 Å². The zero-order valence-electron chi connectivity index (χ0n) is 12.7. The molecule has 4 heteroatoms. The smallest absolute Gasteiger partial charge is 0.224 e. The number of methoxy groups -OCH3 is 1. The molecule has 0 saturated carbocycles. The van der Waals surface area contributed by atoms with Gasteiger partial charge in [-0.1, -0.05) is 36.4 Å². The molecule has 0 aliphatic rings. The molecular formula is C18H21NO3. The van der Waals surface area contributed by atoms with Crippen LogP contribution in [0.5, 0.6) is 11.5 Å². The summed E-state index contributed by atoms with van der Waals surface area (Å²) in [6.45, 7) is 1.18. The zero-order valence-corrected chi connectivity index (χ0v) is 12.7. The third kappa shape index (κ3) is 5.13. The Balaban J connectivity index is 1.65. The topological polar surface area (TPSA) is 47.6 Å². The quantitative estimate of drug-likeness (QED) is 0.763. The standard InChI is InChI=1S/C18H21NO3/c1-21-17-11-6-5-8-15(17)14-18(20)19-12-7-13-22-16-9-3-2-4-10-16/h2-6,8-11H,7,12-14H2,1H3,(H,19,20). The van der Waals surface area contributed by atoms with Crippen LogP contribution in [0.4, 0.5) is 0 Å². The lowest BCUT2D eigenvalue weighted by molar-refractivity contribution is -0.120. The van der Waals surface area contributed by atoms with Crippen LogP contribution in [-0.4, -0.2) is 26.2 Å². The average molecular weight is 299 g/mol. The van der Waals surface area contributed by atoms with Crippen molar-refractivity contribution in [2.75, 3.05) is 20.3 Å². The molecule has 0 bridgehead atoms. The van der Waals surface area contributed by atoms with Crippen molar-refractivity contribution in [2.45, 2.75) is 12.8 Å². The van der Waals surface area contributed by atoms with Crippen molar-refractivity contribution in [3.05, 3.63) is 60.2 Å². The summed E-state index contributed by atoms with van der Waals surface area (Å²) >= 11 is 0. The van der Waals surface area contributed by atoms with Crippen LogP contribution in [0.25, 0.3) is 0 Å². The largest absolute Gasteiger partial charge is 0.496 e. The number of carbonyl (C=O) groups is 1. The van der Waals surface area contributed by atoms with E-state index in [1.807, 2.05) is 54.6 Å². The second-order valence-corrected chi connectivity index (χ2v) is 4.85. The molecule has 1 N–H and O–H groups in total. The molecule has 0 atom stereocenters. The molecular weight excluding hydrogens is 278 g/mol. The molecule has 0 aliphatic carbocycles. The molecule has 0 aromatic heterocycles. The Morgan fingerprint density at radius 2 is 1.77 bits per heavy atom. The highest BCUT2D eigenvalue weighted by Gasteiger charge is 2.07. The van der Waals surface area contributed by atoms with Crippen LogP contribution < -0.4 is 14.8 Å². The SMILES string of the molecule is COc1ccccc1CC(=O)NCCCOc1ccccc1. The van der Waals surface area contributed by atoms with Crippen molar-refractivity contribution < 1.29 is 14.3 Å². The molecule has 2 aromatic rings. The summed E-state index contributed by atoms with van der Waals surface area (Å²) in [5.41, 5.74) is 0.892. The van der Waals surface area contributed by atoms with E-state index in [-0.39, 0.29) is 5.91 Å². The highest BCUT2D eigenvalue weighted by molar-refractivity contribution is 5.79. The number of ether oxygens (including phenoxy) is 2. The van der Waals surface area contributed by atoms with Gasteiger partial charge in [0.2, 0.25) is 5.91 Å². The summed E-state index contributed by atoms with van der Waals surface area (Å²) in [6, 6.07) is 17.2. The first-order valence-corrected chi connectivity index (χ1v) is 7.36. The highest BCUT2D eigenvalue weighted by atomic mass is 16.5. The highest BCUT2D eigenvalue weighted by Crippen LogP contribution is 2.17. The molecule has 22 heavy (non-hydrogen) atoms. The number of carbonyl (C=O) groups excluding carboxylic acids is 1. The predicted octanol–water partition coefficient (Wildman–Crippen LogP) is 2.82. The molecule has 0 spiro atoms. The number of benzene rings is 2. The van der Waals surface area contributed by atoms with Gasteiger partial charge in [-0.15, -0.1) is 0 Å². The molecule has 0 heterocycles. The number of hydrogen-bond donors (Lipinski definition) is 1. The Bertz CT molecular complexity index is 584. The van der Waals surface area contributed by atoms with Gasteiger partial charge in [0.1, 0.15) is 11.5 Å². The summed E-state index contributed by atoms with van der Waals surface area (Å²) < 4.78 is 10.8. The maximum Gasteiger partial charge on any atom is 0.224 e. The minimum Gasteiger partial charge on any atom is -0.496 e. The fraction of sp³-hybridized carbons (Fsp3) is 0.278. The van der Waals surface area contributed by atoms with Crippen LogP contribution in [0.1, 0.15) is 12.0 Å². The van der Waals surface area contributed by atoms with Crippen molar-refractivity contribution in [3.8, 4) is 11.5 Å². The second-order valence-electron chi connectivity index (χ2n) is 4.85. The molecule has 4 nitrogen and oxygen atoms in total. The Morgan fingerprint density at radius 1 is 1.05 bits per heavy atom. The zero-order chi connectivity index (χ0) is 15.6. The van der Waals surface area contributed by atoms with Crippen LogP contribution in [0.3, 0.4) is 0 Å². The monoisotopic (exact) mass is 299 g/mol. The average Bonchev–Trinajstić information content (AvgIpc) is 2.56. The van der Waals surface area contributed by atoms with E-state index in [2.05, 4.69) is 5.32 Å². The molecule has 0 unspecified atom stereocenters. The fourth-order valence-electron chi connectivity index (χ4n) is 2.09. The fourth-order valence-corrected chi connectivity index (χ4v) is 2.09. The van der Waals surface area contributed by atoms with Gasteiger partial charge in [0.05, 0.1) is 20.1 Å². The predicted molar refractivity (Wildman–Crippen MR) is 86.3 cm³/mol. The van der Waals surface area contributed by atoms with Gasteiger partial charge < -0.3 is 14.8 Å². The van der Waals surface area contributed by atoms with Gasteiger partial charge in [0.25, 0.3) is 0 Å². The lowest BCUT2D eigenvalue weighted by Crippen LogP contribution is -2.27. The number of para-hydroxylation sites is 2. The van der Waals surface area contributed by atoms with Crippen molar-refractivity contribution in [1.29, 1.82) is 0 Å². The molecule has 2 aromatic carbocycles. The molecule has 0 aliphatic heterocycles. The first-order valence-electron chi connectivity index (χ1n) is 7.36. The first kappa shape index (κ1) is 15.9. The Hall–Kier alpha value is -2.49. The number of nitrogens with one attached hydrogen (secondary N) is 1. The van der Waals surface area contributed by atoms with Crippen molar-refractivity contribution in [2.24, 2.45) is 0 Å². The van der Waals surface area contributed by atoms with Crippen LogP contribution in [0.15, 0.2) is 54.6 Å². The van der Waals surface area contributed by atoms with Gasteiger partial charge in [-0.3, -0.25) is 4.79 Å². The van der Waals surface area contributed by atoms with Gasteiger partial charge >= 0.3 is 0 Å². The molecule has 0 saturated heterocycles. The Morgan fingerprint density at radius 3 is 2.55 bits per heavy atom. The van der Waals surface area contributed by atoms with E-state index in [1.165, 1.54) is 0 Å². The van der Waals surface area contributed by atoms with Crippen LogP contribution in [0, 0.1) is 0 Å². The normalized spacial score (nSPS) is 10.0. The lowest BCUT2D eigenvalue weighted by atomic mass is 10.1. The number of hydrogen-bond acceptors (Lipinski definition) is 3. The van der Waals surface area contributed by atoms with Crippen LogP contribution >= 0.6 is 0 Å². The van der Waals surface area contributed by atoms with E-state index in [4.69, 9.17) is 9.47 Å². The maximum absolute atomic E-state index is 11.9. The second kappa shape index (κ2) is 8.72. The van der Waals surface area contributed by atoms with E-state index < -0.39 is 0 Å². The van der Waals surface area contributed by atoms with E-state index >= 15 is 0 Å². The Labute approximate surface area is 131 Å². The van der Waals surface area contributed by atoms with Crippen molar-refractivity contribution in [1.82, 2.24) is 5.32 Å². The van der Waals surface area contributed by atoms with Gasteiger partial charge in [-0.05, 0) is 24.6 Å².